The van der Waals surface area contributed by atoms with Crippen LogP contribution in [0.15, 0.2) is 94.7 Å². The molecule has 4 fully saturated rings. The molecule has 2 saturated carbocycles. The molecule has 2 saturated heterocycles. The first-order chi connectivity index (χ1) is 38.7. The van der Waals surface area contributed by atoms with Gasteiger partial charge in [0.2, 0.25) is 17.7 Å². The number of halogens is 5. The molecule has 2 aromatic carbocycles. The Morgan fingerprint density at radius 3 is 1.60 bits per heavy atom. The second-order valence-electron chi connectivity index (χ2n) is 19.8. The number of piperidine rings is 2. The number of aromatic nitrogens is 10. The van der Waals surface area contributed by atoms with Gasteiger partial charge in [0, 0.05) is 61.5 Å². The fraction of sp³-hybridized carbons (Fsp3) is 0.296. The standard InChI is InChI=1S/C27H23BrFN7O4.C16H14N4O4.C11H11BrFN3O.ClH/c1-13-10-30-27(31-11-13)40-16-3-5-19-17(9-16)24(14(2)37)34-35(19)12-23(38)36-20-7-15(20)8-21(36)26(39)33-22-6-4-18(29)25(28)32-22;1-9-6-17-16(18-7-9)24-11-3-4-13-12(5-11)15(10(2)21)19-20(13)8-14(22)23;12-10-6(13)1-2-9(15-10)16-11(17)8-4-5-3-7(5)14-8;/h3-6,9-11,15,20-21H,7-8,12H2,1-2H3,(H,32,33,39);3-7H,8H2,1-2H3,(H,22,23);1-2,5,7-8,14H,3-4H2,(H,15,16,17);1H/t15-,20-,21+;;5-,7-,8+;/m1.1./s1. The third-order valence-corrected chi connectivity index (χ3v) is 14.7. The summed E-state index contributed by atoms with van der Waals surface area (Å²) in [6.45, 7) is 6.04. The molecule has 0 radical (unpaired) electrons. The zero-order valence-corrected chi connectivity index (χ0v) is 47.8. The summed E-state index contributed by atoms with van der Waals surface area (Å²) in [5.41, 5.74) is 3.31. The molecule has 4 N–H and O–H groups in total. The van der Waals surface area contributed by atoms with Gasteiger partial charge in [-0.25, -0.2) is 38.7 Å². The number of nitrogens with zero attached hydrogens (tertiary/aromatic N) is 11. The topological polar surface area (TPSA) is 293 Å². The Labute approximate surface area is 487 Å². The summed E-state index contributed by atoms with van der Waals surface area (Å²) in [6, 6.07) is 15.3. The molecule has 8 aromatic rings. The number of ketones is 2. The van der Waals surface area contributed by atoms with Gasteiger partial charge in [0.1, 0.15) is 62.9 Å². The minimum Gasteiger partial charge on any atom is -0.480 e. The Hall–Kier alpha value is -8.27. The number of hydrogen-bond donors (Lipinski definition) is 4. The van der Waals surface area contributed by atoms with E-state index in [2.05, 4.69) is 87.9 Å². The highest BCUT2D eigenvalue weighted by Crippen LogP contribution is 2.48. The van der Waals surface area contributed by atoms with Crippen LogP contribution < -0.4 is 25.4 Å². The van der Waals surface area contributed by atoms with E-state index in [-0.39, 0.29) is 111 Å². The van der Waals surface area contributed by atoms with Crippen molar-refractivity contribution in [3.8, 4) is 23.5 Å². The average Bonchev–Trinajstić information content (AvgIpc) is 2.87. The Morgan fingerprint density at radius 1 is 0.659 bits per heavy atom. The molecule has 6 aromatic heterocycles. The SMILES string of the molecule is CC(=O)c1nn(CC(=O)N2[C@@H]3C[C@@H]3C[C@H]2C(=O)Nc2ccc(F)c(Br)n2)c2ccc(Oc3ncc(C)cn3)cc12.CC(=O)c1nn(CC(=O)O)c2ccc(Oc3ncc(C)cn3)cc12.Cl.O=C(Nc1ccc(F)c(Br)n1)[C@@H]1C[C@H]2C[C@H]2N1. The van der Waals surface area contributed by atoms with Crippen molar-refractivity contribution in [3.63, 3.8) is 0 Å². The van der Waals surface area contributed by atoms with E-state index in [1.807, 2.05) is 13.8 Å². The van der Waals surface area contributed by atoms with E-state index in [1.165, 1.54) is 53.9 Å². The van der Waals surface area contributed by atoms with E-state index in [1.54, 1.807) is 66.1 Å². The van der Waals surface area contributed by atoms with Crippen molar-refractivity contribution in [2.24, 2.45) is 11.8 Å². The number of carboxylic acid groups (broad SMARTS) is 1. The van der Waals surface area contributed by atoms with Gasteiger partial charge in [-0.15, -0.1) is 12.4 Å². The summed E-state index contributed by atoms with van der Waals surface area (Å²) in [7, 11) is 0. The number of pyridine rings is 2. The number of fused-ring (bicyclic) bond motifs is 4. The fourth-order valence-electron chi connectivity index (χ4n) is 9.59. The van der Waals surface area contributed by atoms with E-state index in [0.717, 1.165) is 24.0 Å². The Kier molecular flexibility index (Phi) is 17.4. The quantitative estimate of drug-likeness (QED) is 0.0587. The molecular weight excluding hydrogens is 1220 g/mol. The van der Waals surface area contributed by atoms with Gasteiger partial charge >= 0.3 is 18.0 Å². The highest BCUT2D eigenvalue weighted by Gasteiger charge is 2.56. The zero-order valence-electron chi connectivity index (χ0n) is 43.8. The van der Waals surface area contributed by atoms with E-state index in [0.29, 0.717) is 57.5 Å². The summed E-state index contributed by atoms with van der Waals surface area (Å²) in [5, 5.41) is 27.2. The lowest BCUT2D eigenvalue weighted by atomic mass is 10.1. The van der Waals surface area contributed by atoms with E-state index in [4.69, 9.17) is 14.6 Å². The molecule has 3 amide bonds. The highest BCUT2D eigenvalue weighted by atomic mass is 79.9. The van der Waals surface area contributed by atoms with Gasteiger partial charge in [-0.3, -0.25) is 38.1 Å². The van der Waals surface area contributed by atoms with Crippen molar-refractivity contribution in [3.05, 3.63) is 129 Å². The van der Waals surface area contributed by atoms with Gasteiger partial charge in [0.15, 0.2) is 23.2 Å². The summed E-state index contributed by atoms with van der Waals surface area (Å²) >= 11 is 6.00. The third kappa shape index (κ3) is 13.4. The smallest absolute Gasteiger partial charge is 0.325 e. The minimum absolute atomic E-state index is 0. The number of likely N-dealkylation sites (tertiary alicyclic amines) is 1. The first-order valence-electron chi connectivity index (χ1n) is 25.3. The zero-order chi connectivity index (χ0) is 57.4. The first-order valence-corrected chi connectivity index (χ1v) is 26.8. The lowest BCUT2D eigenvalue weighted by Crippen LogP contribution is -2.46. The first kappa shape index (κ1) is 58.4. The minimum atomic E-state index is -1.04. The summed E-state index contributed by atoms with van der Waals surface area (Å²) < 4.78 is 40.7. The molecule has 0 bridgehead atoms. The van der Waals surface area contributed by atoms with Gasteiger partial charge in [0.25, 0.3) is 0 Å². The fourth-order valence-corrected chi connectivity index (χ4v) is 10.2. The molecule has 82 heavy (non-hydrogen) atoms. The second kappa shape index (κ2) is 24.4. The lowest BCUT2D eigenvalue weighted by molar-refractivity contribution is -0.138. The van der Waals surface area contributed by atoms with Gasteiger partial charge in [-0.05, 0) is 155 Å². The number of carbonyl (C=O) groups is 6. The maximum Gasteiger partial charge on any atom is 0.325 e. The number of carboxylic acids is 1. The maximum absolute atomic E-state index is 13.6. The third-order valence-electron chi connectivity index (χ3n) is 13.6. The molecule has 0 unspecified atom stereocenters. The van der Waals surface area contributed by atoms with Gasteiger partial charge in [-0.1, -0.05) is 0 Å². The van der Waals surface area contributed by atoms with Crippen molar-refractivity contribution in [1.29, 1.82) is 0 Å². The number of carbonyl (C=O) groups excluding carboxylic acids is 5. The summed E-state index contributed by atoms with van der Waals surface area (Å²) in [6.07, 6.45) is 9.97. The number of rotatable bonds is 14. The lowest BCUT2D eigenvalue weighted by Gasteiger charge is -2.26. The number of benzene rings is 2. The number of aliphatic carboxylic acids is 1. The normalized spacial score (nSPS) is 18.8. The molecule has 8 heterocycles. The van der Waals surface area contributed by atoms with Gasteiger partial charge in [0.05, 0.1) is 17.1 Å². The van der Waals surface area contributed by atoms with Crippen LogP contribution in [-0.2, 0) is 32.3 Å². The Balaban J connectivity index is 0.000000163. The van der Waals surface area contributed by atoms with Crippen LogP contribution in [0.25, 0.3) is 21.8 Å². The van der Waals surface area contributed by atoms with Crippen LogP contribution in [0, 0.1) is 37.3 Å². The molecule has 23 nitrogen and oxygen atoms in total. The number of Topliss-reactive ketones (excluding diaryl/α,β-unsaturated/α-hetero) is 2. The molecular formula is C54H49Br2ClF2N14O9. The van der Waals surface area contributed by atoms with E-state index in [9.17, 15) is 37.5 Å². The van der Waals surface area contributed by atoms with Crippen LogP contribution in [0.2, 0.25) is 0 Å². The number of hydrogen-bond acceptors (Lipinski definition) is 17. The maximum atomic E-state index is 13.6. The second-order valence-corrected chi connectivity index (χ2v) is 21.3. The number of anilines is 2. The average molecular weight is 1270 g/mol. The van der Waals surface area contributed by atoms with E-state index >= 15 is 0 Å². The van der Waals surface area contributed by atoms with Crippen LogP contribution in [0.1, 0.15) is 71.6 Å². The Bertz CT molecular complexity index is 3810. The van der Waals surface area contributed by atoms with Crippen LogP contribution in [0.3, 0.4) is 0 Å². The van der Waals surface area contributed by atoms with Crippen LogP contribution >= 0.6 is 44.3 Å². The number of aryl methyl sites for hydroxylation is 2. The van der Waals surface area contributed by atoms with Crippen molar-refractivity contribution in [2.75, 3.05) is 10.6 Å². The molecule has 12 rings (SSSR count). The molecule has 0 spiro atoms. The van der Waals surface area contributed by atoms with Gasteiger partial charge < -0.3 is 35.4 Å². The molecule has 4 aliphatic rings. The number of ether oxygens (including phenoxy) is 2. The predicted octanol–water partition coefficient (Wildman–Crippen LogP) is 8.36. The van der Waals surface area contributed by atoms with Crippen molar-refractivity contribution < 1.29 is 52.1 Å². The molecule has 28 heteroatoms. The largest absolute Gasteiger partial charge is 0.480 e. The number of amides is 3. The van der Waals surface area contributed by atoms with Crippen molar-refractivity contribution >= 4 is 113 Å². The number of nitrogens with one attached hydrogen (secondary N) is 3. The van der Waals surface area contributed by atoms with Crippen molar-refractivity contribution in [1.82, 2.24) is 59.7 Å². The molecule has 2 aliphatic carbocycles. The van der Waals surface area contributed by atoms with Crippen LogP contribution in [0.4, 0.5) is 20.4 Å². The highest BCUT2D eigenvalue weighted by molar-refractivity contribution is 9.10. The predicted molar refractivity (Wildman–Crippen MR) is 300 cm³/mol. The summed E-state index contributed by atoms with van der Waals surface area (Å²) in [4.78, 5) is 99.5. The van der Waals surface area contributed by atoms with Crippen LogP contribution in [0.5, 0.6) is 23.5 Å². The van der Waals surface area contributed by atoms with Crippen molar-refractivity contribution in [2.45, 2.75) is 90.6 Å². The van der Waals surface area contributed by atoms with E-state index < -0.39 is 23.6 Å². The Morgan fingerprint density at radius 2 is 1.15 bits per heavy atom. The van der Waals surface area contributed by atoms with Gasteiger partial charge in [-0.2, -0.15) is 10.2 Å². The molecule has 424 valence electrons. The molecule has 6 atom stereocenters. The monoisotopic (exact) mass is 1270 g/mol. The van der Waals surface area contributed by atoms with Crippen LogP contribution in [-0.4, -0.2) is 119 Å². The molecule has 2 aliphatic heterocycles. The summed E-state index contributed by atoms with van der Waals surface area (Å²) in [5.74, 6) is -0.997.